The van der Waals surface area contributed by atoms with E-state index in [2.05, 4.69) is 33.9 Å². The largest absolute Gasteiger partial charge is 0.415 e. The van der Waals surface area contributed by atoms with Crippen LogP contribution in [0.3, 0.4) is 0 Å². The number of rotatable bonds is 11. The third kappa shape index (κ3) is 12.4. The Morgan fingerprint density at radius 1 is 0.824 bits per heavy atom. The number of hydrogen-bond acceptors (Lipinski definition) is 1. The van der Waals surface area contributed by atoms with Gasteiger partial charge in [0.05, 0.1) is 0 Å². The van der Waals surface area contributed by atoms with Gasteiger partial charge in [-0.25, -0.2) is 0 Å². The Balaban J connectivity index is 3.32. The summed E-state index contributed by atoms with van der Waals surface area (Å²) < 4.78 is 6.04. The van der Waals surface area contributed by atoms with Crippen molar-refractivity contribution in [1.29, 1.82) is 0 Å². The van der Waals surface area contributed by atoms with E-state index in [1.807, 2.05) is 0 Å². The first-order valence-electron chi connectivity index (χ1n) is 7.66. The third-order valence-corrected chi connectivity index (χ3v) is 5.85. The van der Waals surface area contributed by atoms with E-state index in [9.17, 15) is 0 Å². The molecule has 0 radical (unpaired) electrons. The molecule has 0 aliphatic heterocycles. The smallest absolute Gasteiger partial charge is 0.187 e. The molecule has 0 heterocycles. The van der Waals surface area contributed by atoms with Gasteiger partial charge in [0.15, 0.2) is 8.32 Å². The molecular weight excluding hydrogens is 224 g/mol. The molecule has 0 unspecified atom stereocenters. The van der Waals surface area contributed by atoms with E-state index in [1.54, 1.807) is 0 Å². The predicted molar refractivity (Wildman–Crippen MR) is 81.1 cm³/mol. The van der Waals surface area contributed by atoms with Gasteiger partial charge in [-0.2, -0.15) is 0 Å². The molecule has 0 N–H and O–H groups in total. The summed E-state index contributed by atoms with van der Waals surface area (Å²) in [5.41, 5.74) is 0. The van der Waals surface area contributed by atoms with Gasteiger partial charge in [-0.3, -0.25) is 0 Å². The molecule has 0 spiro atoms. The predicted octanol–water partition coefficient (Wildman–Crippen LogP) is 5.76. The summed E-state index contributed by atoms with van der Waals surface area (Å²) in [7, 11) is -1.35. The second kappa shape index (κ2) is 10.1. The summed E-state index contributed by atoms with van der Waals surface area (Å²) in [6.45, 7) is 11.3. The minimum Gasteiger partial charge on any atom is -0.415 e. The van der Waals surface area contributed by atoms with E-state index >= 15 is 0 Å². The van der Waals surface area contributed by atoms with Crippen molar-refractivity contribution in [2.75, 3.05) is 0 Å². The molecular formula is C15H34OSi. The normalized spacial score (nSPS) is 12.4. The number of hydrogen-bond donors (Lipinski definition) is 0. The Labute approximate surface area is 110 Å². The molecule has 0 aromatic rings. The van der Waals surface area contributed by atoms with Gasteiger partial charge in [-0.05, 0) is 33.0 Å². The Morgan fingerprint density at radius 2 is 1.29 bits per heavy atom. The number of unbranched alkanes of at least 4 members (excludes halogenated alkanes) is 7. The van der Waals surface area contributed by atoms with Crippen LogP contribution >= 0.6 is 0 Å². The van der Waals surface area contributed by atoms with Crippen molar-refractivity contribution in [2.45, 2.75) is 97.4 Å². The average Bonchev–Trinajstić information content (AvgIpc) is 2.20. The van der Waals surface area contributed by atoms with Crippen LogP contribution in [0.5, 0.6) is 0 Å². The van der Waals surface area contributed by atoms with Crippen molar-refractivity contribution in [3.63, 3.8) is 0 Å². The second-order valence-corrected chi connectivity index (χ2v) is 10.4. The molecule has 0 bridgehead atoms. The summed E-state index contributed by atoms with van der Waals surface area (Å²) >= 11 is 0. The summed E-state index contributed by atoms with van der Waals surface area (Å²) in [6.07, 6.45) is 11.7. The first-order chi connectivity index (χ1) is 7.98. The maximum absolute atomic E-state index is 6.04. The summed E-state index contributed by atoms with van der Waals surface area (Å²) in [6, 6.07) is 1.33. The standard InChI is InChI=1S/C15H34OSi/c1-6-7-8-9-10-11-12-13-14-17(4,5)16-15(2)3/h15H,6-14H2,1-5H3. The van der Waals surface area contributed by atoms with Gasteiger partial charge in [0.25, 0.3) is 0 Å². The highest BCUT2D eigenvalue weighted by Gasteiger charge is 2.22. The van der Waals surface area contributed by atoms with Crippen LogP contribution in [-0.4, -0.2) is 14.4 Å². The van der Waals surface area contributed by atoms with Crippen LogP contribution in [0.2, 0.25) is 19.1 Å². The zero-order chi connectivity index (χ0) is 13.1. The highest BCUT2D eigenvalue weighted by Crippen LogP contribution is 2.19. The lowest BCUT2D eigenvalue weighted by Crippen LogP contribution is -2.33. The lowest BCUT2D eigenvalue weighted by atomic mass is 10.1. The lowest BCUT2D eigenvalue weighted by molar-refractivity contribution is 0.230. The third-order valence-electron chi connectivity index (χ3n) is 3.19. The fraction of sp³-hybridized carbons (Fsp3) is 1.00. The molecule has 0 saturated heterocycles. The molecule has 0 aliphatic carbocycles. The fourth-order valence-electron chi connectivity index (χ4n) is 2.38. The molecule has 0 atom stereocenters. The van der Waals surface area contributed by atoms with Crippen molar-refractivity contribution in [2.24, 2.45) is 0 Å². The Bertz CT molecular complexity index is 166. The summed E-state index contributed by atoms with van der Waals surface area (Å²) in [5.74, 6) is 0. The van der Waals surface area contributed by atoms with Gasteiger partial charge in [0, 0.05) is 6.10 Å². The molecule has 17 heavy (non-hydrogen) atoms. The van der Waals surface area contributed by atoms with E-state index in [1.165, 1.54) is 57.4 Å². The lowest BCUT2D eigenvalue weighted by Gasteiger charge is -2.25. The van der Waals surface area contributed by atoms with Crippen LogP contribution < -0.4 is 0 Å². The summed E-state index contributed by atoms with van der Waals surface area (Å²) in [4.78, 5) is 0. The van der Waals surface area contributed by atoms with Crippen LogP contribution in [0.1, 0.15) is 72.1 Å². The van der Waals surface area contributed by atoms with Crippen molar-refractivity contribution in [1.82, 2.24) is 0 Å². The Kier molecular flexibility index (Phi) is 10.2. The van der Waals surface area contributed by atoms with Crippen molar-refractivity contribution < 1.29 is 4.43 Å². The molecule has 0 amide bonds. The van der Waals surface area contributed by atoms with Gasteiger partial charge in [-0.1, -0.05) is 58.3 Å². The molecule has 0 fully saturated rings. The van der Waals surface area contributed by atoms with E-state index in [4.69, 9.17) is 4.43 Å². The van der Waals surface area contributed by atoms with Crippen LogP contribution in [-0.2, 0) is 4.43 Å². The minimum absolute atomic E-state index is 0.408. The molecule has 0 aromatic heterocycles. The fourth-order valence-corrected chi connectivity index (χ4v) is 4.88. The Hall–Kier alpha value is 0.177. The molecule has 0 aliphatic rings. The van der Waals surface area contributed by atoms with Gasteiger partial charge in [0.2, 0.25) is 0 Å². The molecule has 104 valence electrons. The summed E-state index contributed by atoms with van der Waals surface area (Å²) in [5, 5.41) is 0. The topological polar surface area (TPSA) is 9.23 Å². The van der Waals surface area contributed by atoms with Gasteiger partial charge >= 0.3 is 0 Å². The highest BCUT2D eigenvalue weighted by atomic mass is 28.4. The monoisotopic (exact) mass is 258 g/mol. The molecule has 0 saturated carbocycles. The molecule has 2 heteroatoms. The van der Waals surface area contributed by atoms with Crippen LogP contribution in [0, 0.1) is 0 Å². The van der Waals surface area contributed by atoms with Crippen LogP contribution in [0.15, 0.2) is 0 Å². The van der Waals surface area contributed by atoms with Gasteiger partial charge in [0.1, 0.15) is 0 Å². The van der Waals surface area contributed by atoms with E-state index in [0.29, 0.717) is 6.10 Å². The highest BCUT2D eigenvalue weighted by molar-refractivity contribution is 6.71. The zero-order valence-corrected chi connectivity index (χ0v) is 13.8. The average molecular weight is 259 g/mol. The van der Waals surface area contributed by atoms with E-state index in [0.717, 1.165) is 0 Å². The zero-order valence-electron chi connectivity index (χ0n) is 12.8. The maximum Gasteiger partial charge on any atom is 0.187 e. The van der Waals surface area contributed by atoms with Crippen LogP contribution in [0.4, 0.5) is 0 Å². The SMILES string of the molecule is CCCCCCCCCC[Si](C)(C)OC(C)C. The second-order valence-electron chi connectivity index (χ2n) is 6.15. The minimum atomic E-state index is -1.35. The molecule has 1 nitrogen and oxygen atoms in total. The van der Waals surface area contributed by atoms with Crippen molar-refractivity contribution >= 4 is 8.32 Å². The van der Waals surface area contributed by atoms with Crippen molar-refractivity contribution in [3.8, 4) is 0 Å². The first kappa shape index (κ1) is 17.2. The van der Waals surface area contributed by atoms with Crippen LogP contribution in [0.25, 0.3) is 0 Å². The van der Waals surface area contributed by atoms with Gasteiger partial charge in [-0.15, -0.1) is 0 Å². The quantitative estimate of drug-likeness (QED) is 0.338. The van der Waals surface area contributed by atoms with Gasteiger partial charge < -0.3 is 4.43 Å². The van der Waals surface area contributed by atoms with Crippen molar-refractivity contribution in [3.05, 3.63) is 0 Å². The Morgan fingerprint density at radius 3 is 1.76 bits per heavy atom. The van der Waals surface area contributed by atoms with E-state index in [-0.39, 0.29) is 0 Å². The first-order valence-corrected chi connectivity index (χ1v) is 10.8. The van der Waals surface area contributed by atoms with E-state index < -0.39 is 8.32 Å². The molecule has 0 aromatic carbocycles. The molecule has 0 rings (SSSR count). The maximum atomic E-state index is 6.04.